The van der Waals surface area contributed by atoms with E-state index in [4.69, 9.17) is 17.3 Å². The lowest BCUT2D eigenvalue weighted by atomic mass is 10.0. The van der Waals surface area contributed by atoms with E-state index in [1.807, 2.05) is 0 Å². The number of anilines is 1. The molecule has 0 aliphatic rings. The van der Waals surface area contributed by atoms with Gasteiger partial charge in [0.2, 0.25) is 0 Å². The monoisotopic (exact) mass is 321 g/mol. The molecule has 0 spiro atoms. The van der Waals surface area contributed by atoms with E-state index < -0.39 is 17.8 Å². The van der Waals surface area contributed by atoms with E-state index in [1.165, 1.54) is 11.3 Å². The molecule has 3 N–H and O–H groups in total. The summed E-state index contributed by atoms with van der Waals surface area (Å²) in [5.41, 5.74) is 5.02. The second kappa shape index (κ2) is 5.63. The molecule has 0 saturated carbocycles. The third-order valence-corrected chi connectivity index (χ3v) is 4.05. The van der Waals surface area contributed by atoms with E-state index in [2.05, 4.69) is 0 Å². The van der Waals surface area contributed by atoms with E-state index in [0.29, 0.717) is 4.34 Å². The summed E-state index contributed by atoms with van der Waals surface area (Å²) in [4.78, 5) is 0.777. The number of nitrogens with two attached hydrogens (primary N) is 1. The summed E-state index contributed by atoms with van der Waals surface area (Å²) in [6, 6.07) is 6.33. The lowest BCUT2D eigenvalue weighted by Gasteiger charge is -2.15. The van der Waals surface area contributed by atoms with E-state index in [0.717, 1.165) is 23.1 Å². The Morgan fingerprint density at radius 2 is 1.95 bits per heavy atom. The lowest BCUT2D eigenvalue weighted by Crippen LogP contribution is -2.10. The predicted molar refractivity (Wildman–Crippen MR) is 73.8 cm³/mol. The zero-order valence-corrected chi connectivity index (χ0v) is 11.7. The molecule has 1 unspecified atom stereocenters. The Morgan fingerprint density at radius 3 is 2.50 bits per heavy atom. The summed E-state index contributed by atoms with van der Waals surface area (Å²) in [6.07, 6.45) is -5.40. The quantitative estimate of drug-likeness (QED) is 0.829. The zero-order chi connectivity index (χ0) is 14.9. The smallest absolute Gasteiger partial charge is 0.398 e. The molecule has 0 aliphatic heterocycles. The fourth-order valence-electron chi connectivity index (χ4n) is 1.80. The lowest BCUT2D eigenvalue weighted by molar-refractivity contribution is -0.137. The summed E-state index contributed by atoms with van der Waals surface area (Å²) >= 11 is 7.04. The predicted octanol–water partition coefficient (Wildman–Crippen LogP) is 4.28. The normalized spacial score (nSPS) is 13.4. The van der Waals surface area contributed by atoms with Gasteiger partial charge in [0.1, 0.15) is 0 Å². The van der Waals surface area contributed by atoms with Gasteiger partial charge in [-0.25, -0.2) is 0 Å². The van der Waals surface area contributed by atoms with Gasteiger partial charge in [-0.15, -0.1) is 11.3 Å². The van der Waals surface area contributed by atoms with Crippen LogP contribution in [0.1, 0.15) is 22.1 Å². The van der Waals surface area contributed by atoms with Gasteiger partial charge in [-0.05, 0) is 30.3 Å². The summed E-state index contributed by atoms with van der Waals surface area (Å²) in [6.45, 7) is 0. The van der Waals surface area contributed by atoms with Crippen molar-refractivity contribution in [3.05, 3.63) is 50.7 Å². The number of hydrogen-bond donors (Lipinski definition) is 2. The fourth-order valence-corrected chi connectivity index (χ4v) is 2.93. The maximum absolute atomic E-state index is 12.7. The third-order valence-electron chi connectivity index (χ3n) is 2.80. The molecule has 0 bridgehead atoms. The molecule has 0 radical (unpaired) electrons. The van der Waals surface area contributed by atoms with Crippen LogP contribution in [0.3, 0.4) is 0 Å². The molecule has 7 heteroatoms. The first-order chi connectivity index (χ1) is 9.27. The molecule has 2 rings (SSSR count). The Labute approximate surface area is 122 Å². The molecule has 0 amide bonds. The standard InChI is InChI=1S/C13H11ClF3NOS/c14-12-4-2-8(20-12)6-11(19)9-5-7(13(15,16)17)1-3-10(9)18/h1-5,11,19H,6,18H2. The van der Waals surface area contributed by atoms with Gasteiger partial charge in [0.15, 0.2) is 0 Å². The van der Waals surface area contributed by atoms with Crippen LogP contribution in [-0.2, 0) is 12.6 Å². The van der Waals surface area contributed by atoms with Crippen molar-refractivity contribution in [2.75, 3.05) is 5.73 Å². The van der Waals surface area contributed by atoms with Crippen molar-refractivity contribution in [1.82, 2.24) is 0 Å². The maximum atomic E-state index is 12.7. The molecule has 1 atom stereocenters. The van der Waals surface area contributed by atoms with Crippen LogP contribution in [0.25, 0.3) is 0 Å². The largest absolute Gasteiger partial charge is 0.416 e. The number of alkyl halides is 3. The average Bonchev–Trinajstić information content (AvgIpc) is 2.73. The van der Waals surface area contributed by atoms with Crippen LogP contribution in [0.5, 0.6) is 0 Å². The van der Waals surface area contributed by atoms with Crippen LogP contribution in [-0.4, -0.2) is 5.11 Å². The van der Waals surface area contributed by atoms with Crippen molar-refractivity contribution in [1.29, 1.82) is 0 Å². The molecule has 1 heterocycles. The van der Waals surface area contributed by atoms with Crippen molar-refractivity contribution in [2.24, 2.45) is 0 Å². The minimum absolute atomic E-state index is 0.0735. The van der Waals surface area contributed by atoms with Crippen molar-refractivity contribution < 1.29 is 18.3 Å². The van der Waals surface area contributed by atoms with Crippen LogP contribution >= 0.6 is 22.9 Å². The minimum atomic E-state index is -4.46. The Balaban J connectivity index is 2.27. The highest BCUT2D eigenvalue weighted by Crippen LogP contribution is 2.34. The first-order valence-electron chi connectivity index (χ1n) is 5.66. The molecule has 108 valence electrons. The highest BCUT2D eigenvalue weighted by molar-refractivity contribution is 7.16. The molecule has 0 aliphatic carbocycles. The van der Waals surface area contributed by atoms with Crippen LogP contribution in [0.15, 0.2) is 30.3 Å². The van der Waals surface area contributed by atoms with Crippen LogP contribution < -0.4 is 5.73 Å². The summed E-state index contributed by atoms with van der Waals surface area (Å²) in [5, 5.41) is 10.1. The Morgan fingerprint density at radius 1 is 1.25 bits per heavy atom. The first-order valence-corrected chi connectivity index (χ1v) is 6.85. The van der Waals surface area contributed by atoms with E-state index in [1.54, 1.807) is 12.1 Å². The summed E-state index contributed by atoms with van der Waals surface area (Å²) in [7, 11) is 0. The second-order valence-corrected chi connectivity index (χ2v) is 6.07. The van der Waals surface area contributed by atoms with Gasteiger partial charge in [0.05, 0.1) is 16.0 Å². The fraction of sp³-hybridized carbons (Fsp3) is 0.231. The summed E-state index contributed by atoms with van der Waals surface area (Å²) in [5.74, 6) is 0. The van der Waals surface area contributed by atoms with Crippen LogP contribution in [0, 0.1) is 0 Å². The molecular formula is C13H11ClF3NOS. The molecule has 1 aromatic heterocycles. The second-order valence-electron chi connectivity index (χ2n) is 4.27. The van der Waals surface area contributed by atoms with Gasteiger partial charge < -0.3 is 10.8 Å². The Hall–Kier alpha value is -1.24. The molecule has 2 aromatic rings. The van der Waals surface area contributed by atoms with Gasteiger partial charge in [-0.1, -0.05) is 11.6 Å². The zero-order valence-electron chi connectivity index (χ0n) is 10.1. The van der Waals surface area contributed by atoms with Crippen molar-refractivity contribution >= 4 is 28.6 Å². The molecule has 0 fully saturated rings. The Bertz CT molecular complexity index is 612. The molecule has 1 aromatic carbocycles. The SMILES string of the molecule is Nc1ccc(C(F)(F)F)cc1C(O)Cc1ccc(Cl)s1. The number of nitrogen functional groups attached to an aromatic ring is 1. The van der Waals surface area contributed by atoms with Crippen molar-refractivity contribution in [2.45, 2.75) is 18.7 Å². The summed E-state index contributed by atoms with van der Waals surface area (Å²) < 4.78 is 38.5. The number of halogens is 4. The minimum Gasteiger partial charge on any atom is -0.398 e. The van der Waals surface area contributed by atoms with Crippen LogP contribution in [0.2, 0.25) is 4.34 Å². The van der Waals surface area contributed by atoms with E-state index in [9.17, 15) is 18.3 Å². The average molecular weight is 322 g/mol. The number of aliphatic hydroxyl groups excluding tert-OH is 1. The van der Waals surface area contributed by atoms with E-state index in [-0.39, 0.29) is 17.7 Å². The van der Waals surface area contributed by atoms with Gasteiger partial charge >= 0.3 is 6.18 Å². The molecule has 20 heavy (non-hydrogen) atoms. The molecule has 0 saturated heterocycles. The number of benzene rings is 1. The van der Waals surface area contributed by atoms with E-state index >= 15 is 0 Å². The van der Waals surface area contributed by atoms with Crippen molar-refractivity contribution in [3.8, 4) is 0 Å². The molecular weight excluding hydrogens is 311 g/mol. The highest BCUT2D eigenvalue weighted by atomic mass is 35.5. The van der Waals surface area contributed by atoms with Gasteiger partial charge in [0, 0.05) is 22.5 Å². The van der Waals surface area contributed by atoms with Crippen molar-refractivity contribution in [3.63, 3.8) is 0 Å². The maximum Gasteiger partial charge on any atom is 0.416 e. The Kier molecular flexibility index (Phi) is 4.27. The van der Waals surface area contributed by atoms with Gasteiger partial charge in [-0.3, -0.25) is 0 Å². The van der Waals surface area contributed by atoms with Gasteiger partial charge in [-0.2, -0.15) is 13.2 Å². The molecule has 2 nitrogen and oxygen atoms in total. The van der Waals surface area contributed by atoms with Gasteiger partial charge in [0.25, 0.3) is 0 Å². The first kappa shape index (κ1) is 15.2. The highest BCUT2D eigenvalue weighted by Gasteiger charge is 2.31. The number of aliphatic hydroxyl groups is 1. The topological polar surface area (TPSA) is 46.2 Å². The van der Waals surface area contributed by atoms with Crippen LogP contribution in [0.4, 0.5) is 18.9 Å². The number of rotatable bonds is 3. The number of hydrogen-bond acceptors (Lipinski definition) is 3. The third kappa shape index (κ3) is 3.45. The number of thiophene rings is 1.